The van der Waals surface area contributed by atoms with Crippen molar-refractivity contribution in [2.45, 2.75) is 18.4 Å². The number of sulfone groups is 1. The number of carbonyl (C=O) groups is 1. The first-order chi connectivity index (χ1) is 10.3. The van der Waals surface area contributed by atoms with Crippen LogP contribution in [0.3, 0.4) is 0 Å². The van der Waals surface area contributed by atoms with Crippen LogP contribution < -0.4 is 0 Å². The van der Waals surface area contributed by atoms with Crippen LogP contribution >= 0.6 is 11.6 Å². The molecule has 0 atom stereocenters. The number of rotatable bonds is 4. The Kier molecular flexibility index (Phi) is 4.88. The van der Waals surface area contributed by atoms with Gasteiger partial charge in [0, 0.05) is 6.26 Å². The summed E-state index contributed by atoms with van der Waals surface area (Å²) in [4.78, 5) is 12.2. The Morgan fingerprint density at radius 1 is 1.18 bits per heavy atom. The van der Waals surface area contributed by atoms with Gasteiger partial charge in [0.15, 0.2) is 9.84 Å². The van der Waals surface area contributed by atoms with E-state index in [2.05, 4.69) is 0 Å². The lowest BCUT2D eigenvalue weighted by Gasteiger charge is -2.09. The van der Waals surface area contributed by atoms with Crippen LogP contribution in [0.25, 0.3) is 0 Å². The molecule has 0 radical (unpaired) electrons. The van der Waals surface area contributed by atoms with Crippen LogP contribution in [-0.4, -0.2) is 20.6 Å². The van der Waals surface area contributed by atoms with Crippen molar-refractivity contribution < 1.29 is 17.9 Å². The first-order valence-electron chi connectivity index (χ1n) is 6.50. The minimum atomic E-state index is -3.42. The van der Waals surface area contributed by atoms with Crippen molar-refractivity contribution in [2.75, 3.05) is 6.26 Å². The largest absolute Gasteiger partial charge is 0.457 e. The molecule has 0 amide bonds. The molecule has 4 nitrogen and oxygen atoms in total. The predicted molar refractivity (Wildman–Crippen MR) is 84.9 cm³/mol. The molecule has 0 saturated heterocycles. The summed E-state index contributed by atoms with van der Waals surface area (Å²) in [7, 11) is -3.42. The predicted octanol–water partition coefficient (Wildman–Crippen LogP) is 3.41. The Labute approximate surface area is 134 Å². The number of ether oxygens (including phenoxy) is 1. The molecule has 0 aliphatic rings. The second-order valence-corrected chi connectivity index (χ2v) is 7.34. The van der Waals surface area contributed by atoms with Crippen LogP contribution in [0.15, 0.2) is 47.4 Å². The molecule has 0 saturated carbocycles. The number of hydrogen-bond donors (Lipinski definition) is 0. The molecule has 0 fully saturated rings. The van der Waals surface area contributed by atoms with Crippen molar-refractivity contribution in [3.63, 3.8) is 0 Å². The van der Waals surface area contributed by atoms with Crippen molar-refractivity contribution in [3.8, 4) is 0 Å². The Morgan fingerprint density at radius 3 is 2.50 bits per heavy atom. The van der Waals surface area contributed by atoms with Gasteiger partial charge in [0.2, 0.25) is 0 Å². The fourth-order valence-electron chi connectivity index (χ4n) is 1.88. The molecule has 22 heavy (non-hydrogen) atoms. The van der Waals surface area contributed by atoms with E-state index in [0.717, 1.165) is 17.4 Å². The zero-order valence-corrected chi connectivity index (χ0v) is 13.7. The van der Waals surface area contributed by atoms with E-state index in [9.17, 15) is 13.2 Å². The van der Waals surface area contributed by atoms with Gasteiger partial charge >= 0.3 is 5.97 Å². The van der Waals surface area contributed by atoms with Gasteiger partial charge in [-0.2, -0.15) is 0 Å². The van der Waals surface area contributed by atoms with Crippen molar-refractivity contribution in [1.82, 2.24) is 0 Å². The van der Waals surface area contributed by atoms with Gasteiger partial charge < -0.3 is 4.74 Å². The summed E-state index contributed by atoms with van der Waals surface area (Å²) in [6.07, 6.45) is 1.07. The highest BCUT2D eigenvalue weighted by molar-refractivity contribution is 7.90. The van der Waals surface area contributed by atoms with Crippen LogP contribution in [0.2, 0.25) is 5.02 Å². The lowest BCUT2D eigenvalue weighted by molar-refractivity contribution is 0.0472. The third-order valence-corrected chi connectivity index (χ3v) is 4.65. The van der Waals surface area contributed by atoms with E-state index in [-0.39, 0.29) is 22.1 Å². The van der Waals surface area contributed by atoms with Crippen LogP contribution in [0.4, 0.5) is 0 Å². The average molecular weight is 339 g/mol. The number of carbonyl (C=O) groups excluding carboxylic acids is 1. The molecule has 0 spiro atoms. The van der Waals surface area contributed by atoms with Gasteiger partial charge in [0.25, 0.3) is 0 Å². The minimum Gasteiger partial charge on any atom is -0.457 e. The molecule has 2 aromatic carbocycles. The number of aryl methyl sites for hydroxylation is 1. The van der Waals surface area contributed by atoms with Gasteiger partial charge in [-0.05, 0) is 36.2 Å². The molecule has 0 N–H and O–H groups in total. The van der Waals surface area contributed by atoms with E-state index < -0.39 is 15.8 Å². The fraction of sp³-hybridized carbons (Fsp3) is 0.188. The highest BCUT2D eigenvalue weighted by Crippen LogP contribution is 2.22. The van der Waals surface area contributed by atoms with Gasteiger partial charge in [0.1, 0.15) is 6.61 Å². The number of hydrogen-bond acceptors (Lipinski definition) is 4. The molecule has 2 rings (SSSR count). The van der Waals surface area contributed by atoms with Crippen molar-refractivity contribution in [3.05, 3.63) is 64.2 Å². The summed E-state index contributed by atoms with van der Waals surface area (Å²) in [5.41, 5.74) is 1.93. The first-order valence-corrected chi connectivity index (χ1v) is 8.77. The molecule has 6 heteroatoms. The maximum Gasteiger partial charge on any atom is 0.340 e. The van der Waals surface area contributed by atoms with Crippen LogP contribution in [-0.2, 0) is 21.2 Å². The Bertz CT molecular complexity index is 813. The second kappa shape index (κ2) is 6.50. The lowest BCUT2D eigenvalue weighted by atomic mass is 10.1. The second-order valence-electron chi connectivity index (χ2n) is 4.92. The minimum absolute atomic E-state index is 0.0275. The summed E-state index contributed by atoms with van der Waals surface area (Å²) in [5, 5.41) is 0.155. The summed E-state index contributed by atoms with van der Waals surface area (Å²) >= 11 is 5.96. The van der Waals surface area contributed by atoms with E-state index >= 15 is 0 Å². The standard InChI is InChI=1S/C16H15ClO4S/c1-11-5-3-4-6-12(11)10-21-16(18)14-9-13(22(2,19)20)7-8-15(14)17/h3-9H,10H2,1-2H3. The molecule has 0 aliphatic heterocycles. The third kappa shape index (κ3) is 3.87. The highest BCUT2D eigenvalue weighted by atomic mass is 35.5. The molecule has 0 unspecified atom stereocenters. The highest BCUT2D eigenvalue weighted by Gasteiger charge is 2.17. The smallest absolute Gasteiger partial charge is 0.340 e. The summed E-state index contributed by atoms with van der Waals surface area (Å²) < 4.78 is 28.3. The maximum atomic E-state index is 12.1. The van der Waals surface area contributed by atoms with Crippen LogP contribution in [0, 0.1) is 6.92 Å². The normalized spacial score (nSPS) is 11.2. The quantitative estimate of drug-likeness (QED) is 0.801. The van der Waals surface area contributed by atoms with E-state index in [1.54, 1.807) is 0 Å². The van der Waals surface area contributed by atoms with Gasteiger partial charge in [-0.3, -0.25) is 0 Å². The Balaban J connectivity index is 2.21. The molecule has 0 bridgehead atoms. The zero-order valence-electron chi connectivity index (χ0n) is 12.2. The van der Waals surface area contributed by atoms with Crippen molar-refractivity contribution in [1.29, 1.82) is 0 Å². The summed E-state index contributed by atoms with van der Waals surface area (Å²) in [5.74, 6) is -0.654. The average Bonchev–Trinajstić information content (AvgIpc) is 2.45. The zero-order chi connectivity index (χ0) is 16.3. The van der Waals surface area contributed by atoms with E-state index in [1.165, 1.54) is 18.2 Å². The first kappa shape index (κ1) is 16.5. The topological polar surface area (TPSA) is 60.4 Å². The van der Waals surface area contributed by atoms with Crippen molar-refractivity contribution >= 4 is 27.4 Å². The molecule has 0 aliphatic carbocycles. The third-order valence-electron chi connectivity index (χ3n) is 3.21. The number of benzene rings is 2. The van der Waals surface area contributed by atoms with Gasteiger partial charge in [0.05, 0.1) is 15.5 Å². The van der Waals surface area contributed by atoms with Crippen molar-refractivity contribution in [2.24, 2.45) is 0 Å². The Morgan fingerprint density at radius 2 is 1.86 bits per heavy atom. The molecule has 116 valence electrons. The van der Waals surface area contributed by atoms with Crippen LogP contribution in [0.1, 0.15) is 21.5 Å². The maximum absolute atomic E-state index is 12.1. The summed E-state index contributed by atoms with van der Waals surface area (Å²) in [6.45, 7) is 2.02. The number of halogens is 1. The van der Waals surface area contributed by atoms with Gasteiger partial charge in [-0.1, -0.05) is 35.9 Å². The molecular formula is C16H15ClO4S. The molecule has 2 aromatic rings. The SMILES string of the molecule is Cc1ccccc1COC(=O)c1cc(S(C)(=O)=O)ccc1Cl. The monoisotopic (exact) mass is 338 g/mol. The molecule has 0 aromatic heterocycles. The van der Waals surface area contributed by atoms with Gasteiger partial charge in [-0.15, -0.1) is 0 Å². The van der Waals surface area contributed by atoms with E-state index in [0.29, 0.717) is 0 Å². The van der Waals surface area contributed by atoms with E-state index in [4.69, 9.17) is 16.3 Å². The van der Waals surface area contributed by atoms with E-state index in [1.807, 2.05) is 31.2 Å². The summed E-state index contributed by atoms with van der Waals surface area (Å²) in [6, 6.07) is 11.5. The fourth-order valence-corrected chi connectivity index (χ4v) is 2.73. The molecular weight excluding hydrogens is 324 g/mol. The van der Waals surface area contributed by atoms with Gasteiger partial charge in [-0.25, -0.2) is 13.2 Å². The molecule has 0 heterocycles. The lowest BCUT2D eigenvalue weighted by Crippen LogP contribution is -2.08. The van der Waals surface area contributed by atoms with Crippen LogP contribution in [0.5, 0.6) is 0 Å². The number of esters is 1. The Hall–Kier alpha value is -1.85.